The van der Waals surface area contributed by atoms with Gasteiger partial charge < -0.3 is 10.2 Å². The van der Waals surface area contributed by atoms with Gasteiger partial charge in [-0.3, -0.25) is 9.20 Å². The quantitative estimate of drug-likeness (QED) is 0.439. The molecule has 6 rings (SSSR count). The summed E-state index contributed by atoms with van der Waals surface area (Å²) >= 11 is 0. The molecule has 1 saturated heterocycles. The van der Waals surface area contributed by atoms with Gasteiger partial charge in [0.05, 0.1) is 5.69 Å². The molecule has 3 heterocycles. The molecular weight excluding hydrogens is 420 g/mol. The van der Waals surface area contributed by atoms with Crippen LogP contribution in [0.3, 0.4) is 0 Å². The van der Waals surface area contributed by atoms with Crippen LogP contribution in [-0.4, -0.2) is 28.4 Å². The summed E-state index contributed by atoms with van der Waals surface area (Å²) in [7, 11) is 0. The summed E-state index contributed by atoms with van der Waals surface area (Å²) in [6, 6.07) is 25.4. The number of nitrogens with zero attached hydrogens (tertiary/aromatic N) is 3. The number of carbonyl (C=O) groups is 1. The molecule has 0 atom stereocenters. The standard InChI is InChI=1S/C29H30N4O/c1-2-25-27(33-15-7-6-10-26(33)31-25)28(34)30-18-21-11-13-24(14-12-21)32-19-29(20-32)16-23(17-29)22-8-4-3-5-9-22/h3-15,23H,2,16-20H2,1H3,(H,30,34). The van der Waals surface area contributed by atoms with E-state index in [9.17, 15) is 4.79 Å². The van der Waals surface area contributed by atoms with Crippen molar-refractivity contribution in [3.8, 4) is 0 Å². The summed E-state index contributed by atoms with van der Waals surface area (Å²) in [5.41, 5.74) is 6.66. The summed E-state index contributed by atoms with van der Waals surface area (Å²) in [6.07, 6.45) is 5.24. The third-order valence-electron chi connectivity index (χ3n) is 7.59. The number of nitrogens with one attached hydrogen (secondary N) is 1. The third kappa shape index (κ3) is 3.65. The molecule has 2 aliphatic rings. The summed E-state index contributed by atoms with van der Waals surface area (Å²) < 4.78 is 1.87. The Bertz CT molecular complexity index is 1310. The fraction of sp³-hybridized carbons (Fsp3) is 0.310. The topological polar surface area (TPSA) is 49.6 Å². The first-order chi connectivity index (χ1) is 16.6. The Balaban J connectivity index is 1.04. The van der Waals surface area contributed by atoms with E-state index in [1.165, 1.54) is 24.1 Å². The molecule has 5 nitrogen and oxygen atoms in total. The monoisotopic (exact) mass is 450 g/mol. The average Bonchev–Trinajstić information content (AvgIpc) is 3.21. The number of fused-ring (bicyclic) bond motifs is 1. The van der Waals surface area contributed by atoms with Crippen LogP contribution in [0.1, 0.15) is 53.0 Å². The number of benzene rings is 2. The molecule has 1 aliphatic carbocycles. The Morgan fingerprint density at radius 2 is 1.74 bits per heavy atom. The zero-order valence-corrected chi connectivity index (χ0v) is 19.6. The molecule has 2 aromatic carbocycles. The summed E-state index contributed by atoms with van der Waals surface area (Å²) in [6.45, 7) is 4.84. The highest BCUT2D eigenvalue weighted by Gasteiger charge is 2.52. The van der Waals surface area contributed by atoms with Crippen molar-refractivity contribution >= 4 is 17.2 Å². The highest BCUT2D eigenvalue weighted by atomic mass is 16.1. The number of imidazole rings is 1. The predicted molar refractivity (Wildman–Crippen MR) is 135 cm³/mol. The molecule has 34 heavy (non-hydrogen) atoms. The van der Waals surface area contributed by atoms with E-state index >= 15 is 0 Å². The van der Waals surface area contributed by atoms with E-state index in [4.69, 9.17) is 0 Å². The van der Waals surface area contributed by atoms with E-state index in [1.807, 2.05) is 35.7 Å². The Hall–Kier alpha value is -3.60. The van der Waals surface area contributed by atoms with E-state index in [-0.39, 0.29) is 5.91 Å². The fourth-order valence-electron chi connectivity index (χ4n) is 5.77. The minimum atomic E-state index is -0.0812. The normalized spacial score (nSPS) is 16.9. The lowest BCUT2D eigenvalue weighted by molar-refractivity contribution is 0.0634. The van der Waals surface area contributed by atoms with Crippen molar-refractivity contribution < 1.29 is 4.79 Å². The lowest BCUT2D eigenvalue weighted by Crippen LogP contribution is -2.61. The molecule has 1 saturated carbocycles. The number of amides is 1. The van der Waals surface area contributed by atoms with Crippen LogP contribution in [0.25, 0.3) is 5.65 Å². The zero-order chi connectivity index (χ0) is 23.1. The Morgan fingerprint density at radius 3 is 2.47 bits per heavy atom. The molecule has 1 N–H and O–H groups in total. The molecular formula is C29H30N4O. The molecule has 5 heteroatoms. The first-order valence-corrected chi connectivity index (χ1v) is 12.3. The Labute approximate surface area is 200 Å². The van der Waals surface area contributed by atoms with Gasteiger partial charge in [-0.2, -0.15) is 0 Å². The van der Waals surface area contributed by atoms with E-state index < -0.39 is 0 Å². The highest BCUT2D eigenvalue weighted by molar-refractivity contribution is 5.94. The van der Waals surface area contributed by atoms with Gasteiger partial charge in [0, 0.05) is 36.9 Å². The van der Waals surface area contributed by atoms with Crippen molar-refractivity contribution in [1.82, 2.24) is 14.7 Å². The van der Waals surface area contributed by atoms with Crippen LogP contribution in [0.2, 0.25) is 0 Å². The van der Waals surface area contributed by atoms with Gasteiger partial charge in [0.2, 0.25) is 0 Å². The van der Waals surface area contributed by atoms with Crippen LogP contribution in [0.5, 0.6) is 0 Å². The van der Waals surface area contributed by atoms with Gasteiger partial charge in [-0.25, -0.2) is 4.98 Å². The maximum atomic E-state index is 13.0. The van der Waals surface area contributed by atoms with Gasteiger partial charge in [0.25, 0.3) is 5.91 Å². The SMILES string of the molecule is CCc1nc2ccccn2c1C(=O)NCc1ccc(N2CC3(CC(c4ccccc4)C3)C2)cc1. The minimum absolute atomic E-state index is 0.0812. The maximum absolute atomic E-state index is 13.0. The second-order valence-electron chi connectivity index (χ2n) is 9.91. The second-order valence-corrected chi connectivity index (χ2v) is 9.91. The first kappa shape index (κ1) is 21.0. The molecule has 4 aromatic rings. The number of pyridine rings is 1. The smallest absolute Gasteiger partial charge is 0.270 e. The minimum Gasteiger partial charge on any atom is -0.370 e. The average molecular weight is 451 g/mol. The lowest BCUT2D eigenvalue weighted by Gasteiger charge is -2.60. The molecule has 0 bridgehead atoms. The van der Waals surface area contributed by atoms with E-state index in [0.29, 0.717) is 17.7 Å². The third-order valence-corrected chi connectivity index (χ3v) is 7.59. The predicted octanol–water partition coefficient (Wildman–Crippen LogP) is 5.21. The summed E-state index contributed by atoms with van der Waals surface area (Å²) in [5.74, 6) is 0.651. The number of anilines is 1. The van der Waals surface area contributed by atoms with E-state index in [2.05, 4.69) is 69.8 Å². The fourth-order valence-corrected chi connectivity index (χ4v) is 5.77. The molecule has 1 spiro atoms. The molecule has 0 unspecified atom stereocenters. The van der Waals surface area contributed by atoms with Crippen molar-refractivity contribution in [2.24, 2.45) is 5.41 Å². The zero-order valence-electron chi connectivity index (χ0n) is 19.6. The van der Waals surface area contributed by atoms with Gasteiger partial charge in [-0.15, -0.1) is 0 Å². The number of rotatable bonds is 6. The van der Waals surface area contributed by atoms with Crippen molar-refractivity contribution in [1.29, 1.82) is 0 Å². The summed E-state index contributed by atoms with van der Waals surface area (Å²) in [4.78, 5) is 20.0. The van der Waals surface area contributed by atoms with Gasteiger partial charge >= 0.3 is 0 Å². The van der Waals surface area contributed by atoms with Crippen LogP contribution in [0.4, 0.5) is 5.69 Å². The number of aryl methyl sites for hydroxylation is 1. The van der Waals surface area contributed by atoms with Crippen LogP contribution in [-0.2, 0) is 13.0 Å². The van der Waals surface area contributed by atoms with E-state index in [1.54, 1.807) is 0 Å². The number of hydrogen-bond donors (Lipinski definition) is 1. The first-order valence-electron chi connectivity index (χ1n) is 12.3. The molecule has 172 valence electrons. The van der Waals surface area contributed by atoms with Gasteiger partial charge in [0.1, 0.15) is 11.3 Å². The van der Waals surface area contributed by atoms with Crippen molar-refractivity contribution in [3.63, 3.8) is 0 Å². The van der Waals surface area contributed by atoms with Crippen LogP contribution in [0, 0.1) is 5.41 Å². The Morgan fingerprint density at radius 1 is 1.00 bits per heavy atom. The lowest BCUT2D eigenvalue weighted by atomic mass is 9.56. The van der Waals surface area contributed by atoms with Gasteiger partial charge in [0.15, 0.2) is 0 Å². The number of hydrogen-bond acceptors (Lipinski definition) is 3. The van der Waals surface area contributed by atoms with Crippen molar-refractivity contribution in [2.45, 2.75) is 38.6 Å². The van der Waals surface area contributed by atoms with Crippen molar-refractivity contribution in [3.05, 3.63) is 102 Å². The molecule has 0 radical (unpaired) electrons. The molecule has 1 amide bonds. The van der Waals surface area contributed by atoms with Crippen LogP contribution < -0.4 is 10.2 Å². The van der Waals surface area contributed by atoms with Crippen LogP contribution in [0.15, 0.2) is 79.0 Å². The number of carbonyl (C=O) groups excluding carboxylic acids is 1. The van der Waals surface area contributed by atoms with Gasteiger partial charge in [-0.05, 0) is 60.6 Å². The summed E-state index contributed by atoms with van der Waals surface area (Å²) in [5, 5.41) is 3.08. The second kappa shape index (κ2) is 8.32. The van der Waals surface area contributed by atoms with Crippen molar-refractivity contribution in [2.75, 3.05) is 18.0 Å². The molecule has 2 aromatic heterocycles. The molecule has 1 aliphatic heterocycles. The van der Waals surface area contributed by atoms with Gasteiger partial charge in [-0.1, -0.05) is 55.5 Å². The largest absolute Gasteiger partial charge is 0.370 e. The molecule has 2 fully saturated rings. The van der Waals surface area contributed by atoms with E-state index in [0.717, 1.165) is 42.3 Å². The Kier molecular flexibility index (Phi) is 5.13. The maximum Gasteiger partial charge on any atom is 0.270 e. The number of aromatic nitrogens is 2. The van der Waals surface area contributed by atoms with Crippen LogP contribution >= 0.6 is 0 Å². The highest BCUT2D eigenvalue weighted by Crippen LogP contribution is 2.56.